The molecule has 5 nitrogen and oxygen atoms in total. The molecule has 1 atom stereocenters. The third-order valence-corrected chi connectivity index (χ3v) is 3.52. The molecule has 5 heteroatoms. The largest absolute Gasteiger partial charge is 0.356 e. The summed E-state index contributed by atoms with van der Waals surface area (Å²) in [5, 5.41) is 6.30. The van der Waals surface area contributed by atoms with Gasteiger partial charge in [-0.2, -0.15) is 0 Å². The predicted octanol–water partition coefficient (Wildman–Crippen LogP) is 0.0340. The summed E-state index contributed by atoms with van der Waals surface area (Å²) in [6.45, 7) is 3.59. The first-order valence-electron chi connectivity index (χ1n) is 6.82. The molecule has 2 rings (SSSR count). The van der Waals surface area contributed by atoms with Crippen molar-refractivity contribution in [3.8, 4) is 0 Å². The zero-order chi connectivity index (χ0) is 13.5. The smallest absolute Gasteiger partial charge is 0.221 e. The van der Waals surface area contributed by atoms with Crippen molar-refractivity contribution in [1.82, 2.24) is 20.5 Å². The zero-order valence-corrected chi connectivity index (χ0v) is 11.4. The number of nitrogens with zero attached hydrogens (tertiary/aromatic N) is 2. The highest BCUT2D eigenvalue weighted by Crippen LogP contribution is 2.04. The molecule has 0 spiro atoms. The number of hydrogen-bond acceptors (Lipinski definition) is 4. The highest BCUT2D eigenvalue weighted by molar-refractivity contribution is 5.76. The number of aromatic nitrogens is 1. The standard InChI is InChI=1S/C14H22N4O/c1-18-8-7-16-11-13(18)9-14(19)17-6-4-12-3-2-5-15-10-12/h2-3,5,10,13,16H,4,6-9,11H2,1H3,(H,17,19). The van der Waals surface area contributed by atoms with E-state index in [1.165, 1.54) is 0 Å². The second-order valence-electron chi connectivity index (χ2n) is 5.00. The Bertz CT molecular complexity index is 396. The van der Waals surface area contributed by atoms with Gasteiger partial charge in [-0.15, -0.1) is 0 Å². The highest BCUT2D eigenvalue weighted by Gasteiger charge is 2.20. The molecule has 0 aliphatic carbocycles. The number of carbonyl (C=O) groups is 1. The van der Waals surface area contributed by atoms with E-state index >= 15 is 0 Å². The van der Waals surface area contributed by atoms with Gasteiger partial charge in [-0.3, -0.25) is 9.78 Å². The van der Waals surface area contributed by atoms with Gasteiger partial charge in [0.1, 0.15) is 0 Å². The SMILES string of the molecule is CN1CCNCC1CC(=O)NCCc1cccnc1. The van der Waals surface area contributed by atoms with Crippen molar-refractivity contribution in [2.45, 2.75) is 18.9 Å². The molecule has 2 heterocycles. The Morgan fingerprint density at radius 2 is 2.53 bits per heavy atom. The maximum atomic E-state index is 11.9. The molecule has 1 aliphatic rings. The van der Waals surface area contributed by atoms with Crippen molar-refractivity contribution in [1.29, 1.82) is 0 Å². The molecule has 1 aromatic rings. The molecule has 2 N–H and O–H groups in total. The molecule has 1 unspecified atom stereocenters. The molecule has 19 heavy (non-hydrogen) atoms. The number of likely N-dealkylation sites (N-methyl/N-ethyl adjacent to an activating group) is 1. The van der Waals surface area contributed by atoms with Crippen LogP contribution in [-0.4, -0.2) is 55.1 Å². The molecular weight excluding hydrogens is 240 g/mol. The Morgan fingerprint density at radius 1 is 1.63 bits per heavy atom. The highest BCUT2D eigenvalue weighted by atomic mass is 16.1. The zero-order valence-electron chi connectivity index (χ0n) is 11.4. The fourth-order valence-corrected chi connectivity index (χ4v) is 2.27. The summed E-state index contributed by atoms with van der Waals surface area (Å²) in [7, 11) is 2.08. The van der Waals surface area contributed by atoms with E-state index < -0.39 is 0 Å². The average Bonchev–Trinajstić information content (AvgIpc) is 2.43. The van der Waals surface area contributed by atoms with Crippen LogP contribution in [0.3, 0.4) is 0 Å². The van der Waals surface area contributed by atoms with E-state index in [1.54, 1.807) is 6.20 Å². The summed E-state index contributed by atoms with van der Waals surface area (Å²) in [6, 6.07) is 4.25. The number of piperazine rings is 1. The normalized spacial score (nSPS) is 20.2. The van der Waals surface area contributed by atoms with Crippen molar-refractivity contribution >= 4 is 5.91 Å². The average molecular weight is 262 g/mol. The van der Waals surface area contributed by atoms with Crippen LogP contribution in [0.25, 0.3) is 0 Å². The molecule has 104 valence electrons. The number of amides is 1. The van der Waals surface area contributed by atoms with E-state index in [2.05, 4.69) is 27.6 Å². The van der Waals surface area contributed by atoms with E-state index in [9.17, 15) is 4.79 Å². The Kier molecular flexibility index (Phi) is 5.30. The molecular formula is C14H22N4O. The molecule has 1 aromatic heterocycles. The van der Waals surface area contributed by atoms with Crippen LogP contribution in [-0.2, 0) is 11.2 Å². The first-order chi connectivity index (χ1) is 9.25. The maximum absolute atomic E-state index is 11.9. The van der Waals surface area contributed by atoms with Gasteiger partial charge in [0, 0.05) is 51.0 Å². The fraction of sp³-hybridized carbons (Fsp3) is 0.571. The van der Waals surface area contributed by atoms with Crippen LogP contribution in [0.1, 0.15) is 12.0 Å². The number of nitrogens with one attached hydrogen (secondary N) is 2. The lowest BCUT2D eigenvalue weighted by atomic mass is 10.1. The first kappa shape index (κ1) is 14.0. The number of rotatable bonds is 5. The summed E-state index contributed by atoms with van der Waals surface area (Å²) in [6.07, 6.45) is 4.99. The summed E-state index contributed by atoms with van der Waals surface area (Å²) in [4.78, 5) is 18.2. The van der Waals surface area contributed by atoms with Crippen LogP contribution in [0.4, 0.5) is 0 Å². The van der Waals surface area contributed by atoms with Crippen LogP contribution in [0.2, 0.25) is 0 Å². The summed E-state index contributed by atoms with van der Waals surface area (Å²) in [5.41, 5.74) is 1.15. The molecule has 1 fully saturated rings. The van der Waals surface area contributed by atoms with Crippen LogP contribution in [0, 0.1) is 0 Å². The molecule has 1 amide bonds. The van der Waals surface area contributed by atoms with E-state index in [4.69, 9.17) is 0 Å². The minimum Gasteiger partial charge on any atom is -0.356 e. The van der Waals surface area contributed by atoms with Crippen LogP contribution in [0.5, 0.6) is 0 Å². The van der Waals surface area contributed by atoms with Crippen molar-refractivity contribution in [3.05, 3.63) is 30.1 Å². The number of pyridine rings is 1. The van der Waals surface area contributed by atoms with Crippen molar-refractivity contribution < 1.29 is 4.79 Å². The van der Waals surface area contributed by atoms with E-state index in [0.29, 0.717) is 19.0 Å². The van der Waals surface area contributed by atoms with Gasteiger partial charge in [0.05, 0.1) is 0 Å². The maximum Gasteiger partial charge on any atom is 0.221 e. The molecule has 0 radical (unpaired) electrons. The second-order valence-corrected chi connectivity index (χ2v) is 5.00. The lowest BCUT2D eigenvalue weighted by Crippen LogP contribution is -2.51. The summed E-state index contributed by atoms with van der Waals surface area (Å²) in [5.74, 6) is 0.129. The summed E-state index contributed by atoms with van der Waals surface area (Å²) < 4.78 is 0. The number of carbonyl (C=O) groups excluding carboxylic acids is 1. The number of hydrogen-bond donors (Lipinski definition) is 2. The van der Waals surface area contributed by atoms with Gasteiger partial charge < -0.3 is 15.5 Å². The van der Waals surface area contributed by atoms with E-state index in [-0.39, 0.29) is 5.91 Å². The molecule has 1 aliphatic heterocycles. The van der Waals surface area contributed by atoms with Crippen molar-refractivity contribution in [2.24, 2.45) is 0 Å². The molecule has 1 saturated heterocycles. The van der Waals surface area contributed by atoms with Gasteiger partial charge in [-0.05, 0) is 25.1 Å². The van der Waals surface area contributed by atoms with Crippen molar-refractivity contribution in [3.63, 3.8) is 0 Å². The Balaban J connectivity index is 1.67. The molecule has 0 aromatic carbocycles. The molecule has 0 bridgehead atoms. The minimum atomic E-state index is 0.129. The van der Waals surface area contributed by atoms with Crippen LogP contribution >= 0.6 is 0 Å². The third-order valence-electron chi connectivity index (χ3n) is 3.52. The quantitative estimate of drug-likeness (QED) is 0.786. The van der Waals surface area contributed by atoms with Crippen molar-refractivity contribution in [2.75, 3.05) is 33.2 Å². The third kappa shape index (κ3) is 4.61. The monoisotopic (exact) mass is 262 g/mol. The van der Waals surface area contributed by atoms with Gasteiger partial charge in [0.15, 0.2) is 0 Å². The van der Waals surface area contributed by atoms with E-state index in [0.717, 1.165) is 31.6 Å². The van der Waals surface area contributed by atoms with Crippen LogP contribution in [0.15, 0.2) is 24.5 Å². The van der Waals surface area contributed by atoms with Gasteiger partial charge in [-0.1, -0.05) is 6.07 Å². The lowest BCUT2D eigenvalue weighted by Gasteiger charge is -2.32. The Hall–Kier alpha value is -1.46. The van der Waals surface area contributed by atoms with Gasteiger partial charge in [0.25, 0.3) is 0 Å². The fourth-order valence-electron chi connectivity index (χ4n) is 2.27. The minimum absolute atomic E-state index is 0.129. The van der Waals surface area contributed by atoms with Crippen LogP contribution < -0.4 is 10.6 Å². The van der Waals surface area contributed by atoms with Gasteiger partial charge >= 0.3 is 0 Å². The van der Waals surface area contributed by atoms with Gasteiger partial charge in [-0.25, -0.2) is 0 Å². The Morgan fingerprint density at radius 3 is 3.26 bits per heavy atom. The topological polar surface area (TPSA) is 57.3 Å². The predicted molar refractivity (Wildman–Crippen MR) is 74.9 cm³/mol. The second kappa shape index (κ2) is 7.21. The first-order valence-corrected chi connectivity index (χ1v) is 6.82. The van der Waals surface area contributed by atoms with E-state index in [1.807, 2.05) is 18.3 Å². The Labute approximate surface area is 114 Å². The van der Waals surface area contributed by atoms with Gasteiger partial charge in [0.2, 0.25) is 5.91 Å². The lowest BCUT2D eigenvalue weighted by molar-refractivity contribution is -0.122. The molecule has 0 saturated carbocycles. The summed E-state index contributed by atoms with van der Waals surface area (Å²) >= 11 is 0.